The summed E-state index contributed by atoms with van der Waals surface area (Å²) in [6.07, 6.45) is 20.3. The average molecular weight is 1050 g/mol. The Morgan fingerprint density at radius 1 is 0.311 bits per heavy atom. The maximum Gasteiger partial charge on any atom is 0.308 e. The molecule has 0 heterocycles. The van der Waals surface area contributed by atoms with E-state index in [0.29, 0.717) is 75.5 Å². The van der Waals surface area contributed by atoms with E-state index in [9.17, 15) is 28.8 Å². The van der Waals surface area contributed by atoms with Crippen LogP contribution in [0.1, 0.15) is 256 Å². The molecule has 0 bridgehead atoms. The Bertz CT molecular complexity index is 1410. The van der Waals surface area contributed by atoms with Gasteiger partial charge in [0.15, 0.2) is 0 Å². The van der Waals surface area contributed by atoms with Gasteiger partial charge in [0.25, 0.3) is 0 Å². The molecule has 434 valence electrons. The second-order valence-corrected chi connectivity index (χ2v) is 23.0. The number of carbonyl (C=O) groups is 6. The minimum absolute atomic E-state index is 0.191. The Kier molecular flexibility index (Phi) is 41.9. The minimum atomic E-state index is -1.38. The molecule has 13 heteroatoms. The highest BCUT2D eigenvalue weighted by atomic mass is 16.6. The van der Waals surface area contributed by atoms with Crippen LogP contribution < -0.4 is 0 Å². The summed E-state index contributed by atoms with van der Waals surface area (Å²) in [4.78, 5) is 81.9. The Balaban J connectivity index is 7.37. The number of rotatable bonds is 49. The fourth-order valence-corrected chi connectivity index (χ4v) is 8.74. The molecule has 0 aliphatic rings. The first-order valence-electron chi connectivity index (χ1n) is 29.9. The molecule has 0 fully saturated rings. The monoisotopic (exact) mass is 1050 g/mol. The van der Waals surface area contributed by atoms with Crippen LogP contribution in [-0.2, 0) is 61.9 Å². The summed E-state index contributed by atoms with van der Waals surface area (Å²) in [5.41, 5.74) is -2.74. The predicted molar refractivity (Wildman–Crippen MR) is 295 cm³/mol. The standard InChI is InChI=1S/C61H112O13/c1-13-19-34-51(16-4)57(65)72-45-60(42-69-54(62)37-28-22-25-31-48(7)8,43-70-55(63)38-29-23-26-32-49(9)10)40-68-41-61(46-73-58(66)52(17-5)35-20-14-2,47-74-59(67)53(18-6)36-21-15-3)44-71-56(64)39-30-24-27-33-50(11)12/h48-53H,13-47H2,1-12H3. The highest BCUT2D eigenvalue weighted by molar-refractivity contribution is 5.74. The van der Waals surface area contributed by atoms with Crippen LogP contribution in [0.2, 0.25) is 0 Å². The Hall–Kier alpha value is -3.22. The van der Waals surface area contributed by atoms with Crippen LogP contribution >= 0.6 is 0 Å². The van der Waals surface area contributed by atoms with Crippen molar-refractivity contribution in [3.05, 3.63) is 0 Å². The van der Waals surface area contributed by atoms with E-state index in [2.05, 4.69) is 62.3 Å². The molecule has 0 N–H and O–H groups in total. The van der Waals surface area contributed by atoms with Gasteiger partial charge in [-0.25, -0.2) is 0 Å². The maximum atomic E-state index is 13.8. The Morgan fingerprint density at radius 3 is 0.797 bits per heavy atom. The summed E-state index contributed by atoms with van der Waals surface area (Å²) < 4.78 is 43.1. The zero-order valence-electron chi connectivity index (χ0n) is 49.5. The Morgan fingerprint density at radius 2 is 0.568 bits per heavy atom. The molecule has 3 unspecified atom stereocenters. The SMILES string of the molecule is CCCCC(CC)C(=O)OCC(COCC(COC(=O)CCCCCC(C)C)(COC(=O)C(CC)CCCC)COC(=O)C(CC)CCCC)(COC(=O)CCCCCC(C)C)COC(=O)CCCCCC(C)C. The van der Waals surface area contributed by atoms with Gasteiger partial charge in [0.1, 0.15) is 39.6 Å². The molecule has 74 heavy (non-hydrogen) atoms. The molecule has 0 aromatic heterocycles. The zero-order valence-corrected chi connectivity index (χ0v) is 49.5. The van der Waals surface area contributed by atoms with Gasteiger partial charge in [-0.15, -0.1) is 0 Å². The molecular weight excluding hydrogens is 941 g/mol. The molecule has 0 aromatic rings. The molecule has 0 saturated heterocycles. The van der Waals surface area contributed by atoms with Crippen LogP contribution in [-0.4, -0.2) is 88.7 Å². The highest BCUT2D eigenvalue weighted by Gasteiger charge is 2.42. The van der Waals surface area contributed by atoms with Crippen LogP contribution in [0.15, 0.2) is 0 Å². The summed E-state index contributed by atoms with van der Waals surface area (Å²) in [5, 5.41) is 0. The molecule has 0 saturated carbocycles. The van der Waals surface area contributed by atoms with Crippen LogP contribution in [0.5, 0.6) is 0 Å². The van der Waals surface area contributed by atoms with E-state index in [1.54, 1.807) is 0 Å². The number of carbonyl (C=O) groups excluding carboxylic acids is 6. The van der Waals surface area contributed by atoms with E-state index in [0.717, 1.165) is 96.3 Å². The zero-order chi connectivity index (χ0) is 55.6. The maximum absolute atomic E-state index is 13.8. The van der Waals surface area contributed by atoms with Gasteiger partial charge in [-0.3, -0.25) is 28.8 Å². The fraction of sp³-hybridized carbons (Fsp3) is 0.902. The van der Waals surface area contributed by atoms with Crippen molar-refractivity contribution < 1.29 is 61.9 Å². The molecule has 13 nitrogen and oxygen atoms in total. The van der Waals surface area contributed by atoms with Crippen molar-refractivity contribution in [1.29, 1.82) is 0 Å². The van der Waals surface area contributed by atoms with Gasteiger partial charge >= 0.3 is 35.8 Å². The lowest BCUT2D eigenvalue weighted by molar-refractivity contribution is -0.178. The van der Waals surface area contributed by atoms with Crippen molar-refractivity contribution in [2.45, 2.75) is 256 Å². The molecule has 0 radical (unpaired) electrons. The summed E-state index contributed by atoms with van der Waals surface area (Å²) in [6, 6.07) is 0. The number of hydrogen-bond acceptors (Lipinski definition) is 13. The van der Waals surface area contributed by atoms with Gasteiger partial charge < -0.3 is 33.2 Å². The quantitative estimate of drug-likeness (QED) is 0.0321. The van der Waals surface area contributed by atoms with Crippen molar-refractivity contribution in [3.8, 4) is 0 Å². The van der Waals surface area contributed by atoms with Crippen LogP contribution in [0, 0.1) is 46.3 Å². The fourth-order valence-electron chi connectivity index (χ4n) is 8.74. The largest absolute Gasteiger partial charge is 0.465 e. The third kappa shape index (κ3) is 35.2. The van der Waals surface area contributed by atoms with E-state index in [1.165, 1.54) is 0 Å². The summed E-state index contributed by atoms with van der Waals surface area (Å²) in [7, 11) is 0. The summed E-state index contributed by atoms with van der Waals surface area (Å²) in [6.45, 7) is 22.9. The number of ether oxygens (including phenoxy) is 7. The summed E-state index contributed by atoms with van der Waals surface area (Å²) >= 11 is 0. The van der Waals surface area contributed by atoms with Crippen LogP contribution in [0.4, 0.5) is 0 Å². The van der Waals surface area contributed by atoms with Gasteiger partial charge in [0.05, 0.1) is 41.8 Å². The van der Waals surface area contributed by atoms with Gasteiger partial charge in [-0.2, -0.15) is 0 Å². The van der Waals surface area contributed by atoms with Gasteiger partial charge in [-0.1, -0.05) is 179 Å². The van der Waals surface area contributed by atoms with E-state index in [-0.39, 0.29) is 89.9 Å². The first kappa shape index (κ1) is 70.8. The lowest BCUT2D eigenvalue weighted by atomic mass is 9.89. The molecule has 0 amide bonds. The molecule has 3 atom stereocenters. The number of hydrogen-bond donors (Lipinski definition) is 0. The first-order chi connectivity index (χ1) is 35.3. The van der Waals surface area contributed by atoms with E-state index < -0.39 is 46.6 Å². The topological polar surface area (TPSA) is 167 Å². The third-order valence-electron chi connectivity index (χ3n) is 14.2. The van der Waals surface area contributed by atoms with Crippen molar-refractivity contribution in [1.82, 2.24) is 0 Å². The van der Waals surface area contributed by atoms with Crippen LogP contribution in [0.25, 0.3) is 0 Å². The molecule has 0 aliphatic heterocycles. The van der Waals surface area contributed by atoms with Gasteiger partial charge in [-0.05, 0) is 75.5 Å². The van der Waals surface area contributed by atoms with E-state index >= 15 is 0 Å². The third-order valence-corrected chi connectivity index (χ3v) is 14.2. The molecule has 0 rings (SSSR count). The normalized spacial score (nSPS) is 13.8. The van der Waals surface area contributed by atoms with Crippen molar-refractivity contribution in [2.24, 2.45) is 46.3 Å². The van der Waals surface area contributed by atoms with Gasteiger partial charge in [0.2, 0.25) is 0 Å². The van der Waals surface area contributed by atoms with Crippen LogP contribution in [0.3, 0.4) is 0 Å². The molecule has 0 aliphatic carbocycles. The second-order valence-electron chi connectivity index (χ2n) is 23.0. The number of unbranched alkanes of at least 4 members (excludes halogenated alkanes) is 9. The predicted octanol–water partition coefficient (Wildman–Crippen LogP) is 14.7. The smallest absolute Gasteiger partial charge is 0.308 e. The van der Waals surface area contributed by atoms with Crippen molar-refractivity contribution >= 4 is 35.8 Å². The first-order valence-corrected chi connectivity index (χ1v) is 29.9. The molecule has 0 aromatic carbocycles. The average Bonchev–Trinajstić information content (AvgIpc) is 3.36. The van der Waals surface area contributed by atoms with Crippen molar-refractivity contribution in [2.75, 3.05) is 52.9 Å². The second kappa shape index (κ2) is 43.8. The van der Waals surface area contributed by atoms with E-state index in [1.807, 2.05) is 20.8 Å². The Labute approximate surface area is 451 Å². The minimum Gasteiger partial charge on any atom is -0.465 e. The highest BCUT2D eigenvalue weighted by Crippen LogP contribution is 2.29. The lowest BCUT2D eigenvalue weighted by Crippen LogP contribution is -2.47. The molecular formula is C61H112O13. The van der Waals surface area contributed by atoms with Crippen molar-refractivity contribution in [3.63, 3.8) is 0 Å². The summed E-state index contributed by atoms with van der Waals surface area (Å²) in [5.74, 6) is -1.86. The number of esters is 6. The molecule has 0 spiro atoms. The van der Waals surface area contributed by atoms with E-state index in [4.69, 9.17) is 33.2 Å². The van der Waals surface area contributed by atoms with Gasteiger partial charge in [0, 0.05) is 19.3 Å². The lowest BCUT2D eigenvalue weighted by Gasteiger charge is -2.36.